The zero-order valence-electron chi connectivity index (χ0n) is 16.8. The van der Waals surface area contributed by atoms with Crippen molar-refractivity contribution in [3.63, 3.8) is 0 Å². The van der Waals surface area contributed by atoms with Gasteiger partial charge in [0.1, 0.15) is 11.9 Å². The highest BCUT2D eigenvalue weighted by Crippen LogP contribution is 2.30. The van der Waals surface area contributed by atoms with Gasteiger partial charge in [-0.3, -0.25) is 4.79 Å². The largest absolute Gasteiger partial charge is 0.380 e. The van der Waals surface area contributed by atoms with Gasteiger partial charge in [0, 0.05) is 18.7 Å². The van der Waals surface area contributed by atoms with E-state index in [0.29, 0.717) is 35.5 Å². The van der Waals surface area contributed by atoms with Gasteiger partial charge < -0.3 is 10.2 Å². The Balaban J connectivity index is 1.62. The molecule has 6 heteroatoms. The fraction of sp³-hybridized carbons (Fsp3) is 0.200. The van der Waals surface area contributed by atoms with Crippen LogP contribution in [0.2, 0.25) is 5.02 Å². The van der Waals surface area contributed by atoms with Crippen molar-refractivity contribution in [3.05, 3.63) is 100 Å². The monoisotopic (exact) mass is 433 g/mol. The summed E-state index contributed by atoms with van der Waals surface area (Å²) in [6.07, 6.45) is 0.691. The maximum atomic E-state index is 14.4. The topological polar surface area (TPSA) is 56.1 Å². The lowest BCUT2D eigenvalue weighted by molar-refractivity contribution is -0.129. The van der Waals surface area contributed by atoms with Gasteiger partial charge in [0.25, 0.3) is 0 Å². The lowest BCUT2D eigenvalue weighted by Gasteiger charge is -2.29. The first-order valence-electron chi connectivity index (χ1n) is 10.1. The minimum Gasteiger partial charge on any atom is -0.380 e. The van der Waals surface area contributed by atoms with Crippen LogP contribution in [0.3, 0.4) is 0 Å². The molecule has 0 spiro atoms. The number of nitriles is 1. The Bertz CT molecular complexity index is 1130. The van der Waals surface area contributed by atoms with Gasteiger partial charge in [-0.15, -0.1) is 0 Å². The van der Waals surface area contributed by atoms with Crippen molar-refractivity contribution in [2.24, 2.45) is 0 Å². The van der Waals surface area contributed by atoms with Crippen LogP contribution in [0, 0.1) is 17.1 Å². The molecule has 31 heavy (non-hydrogen) atoms. The quantitative estimate of drug-likeness (QED) is 0.583. The number of amides is 1. The highest BCUT2D eigenvalue weighted by molar-refractivity contribution is 6.32. The summed E-state index contributed by atoms with van der Waals surface area (Å²) in [5.41, 5.74) is 2.71. The van der Waals surface area contributed by atoms with Crippen molar-refractivity contribution in [1.82, 2.24) is 4.90 Å². The zero-order valence-corrected chi connectivity index (χ0v) is 17.5. The summed E-state index contributed by atoms with van der Waals surface area (Å²) in [6, 6.07) is 23.1. The predicted molar refractivity (Wildman–Crippen MR) is 119 cm³/mol. The Hall–Kier alpha value is -3.36. The predicted octanol–water partition coefficient (Wildman–Crippen LogP) is 5.18. The molecular weight excluding hydrogens is 413 g/mol. The zero-order chi connectivity index (χ0) is 21.8. The third-order valence-electron chi connectivity index (χ3n) is 5.60. The number of hydrogen-bond acceptors (Lipinski definition) is 3. The van der Waals surface area contributed by atoms with Crippen molar-refractivity contribution in [1.29, 1.82) is 5.26 Å². The van der Waals surface area contributed by atoms with Crippen molar-refractivity contribution in [2.75, 3.05) is 5.32 Å². The molecule has 156 valence electrons. The number of benzene rings is 3. The van der Waals surface area contributed by atoms with Gasteiger partial charge in [-0.05, 0) is 41.8 Å². The average Bonchev–Trinajstić information content (AvgIpc) is 3.05. The first-order chi connectivity index (χ1) is 15.0. The molecule has 4 nitrogen and oxygen atoms in total. The molecule has 0 aromatic heterocycles. The van der Waals surface area contributed by atoms with E-state index in [-0.39, 0.29) is 23.8 Å². The normalized spacial score (nSPS) is 18.1. The molecule has 3 aromatic carbocycles. The maximum absolute atomic E-state index is 14.4. The van der Waals surface area contributed by atoms with Crippen LogP contribution >= 0.6 is 11.6 Å². The fourth-order valence-electron chi connectivity index (χ4n) is 4.03. The van der Waals surface area contributed by atoms with Crippen LogP contribution in [-0.4, -0.2) is 22.9 Å². The second-order valence-electron chi connectivity index (χ2n) is 7.63. The molecule has 4 rings (SSSR count). The van der Waals surface area contributed by atoms with E-state index in [9.17, 15) is 9.18 Å². The van der Waals surface area contributed by atoms with Gasteiger partial charge >= 0.3 is 0 Å². The Morgan fingerprint density at radius 3 is 2.55 bits per heavy atom. The minimum atomic E-state index is -0.276. The number of nitrogens with zero attached hydrogens (tertiary/aromatic N) is 2. The second kappa shape index (κ2) is 9.20. The molecule has 0 aliphatic carbocycles. The van der Waals surface area contributed by atoms with Crippen LogP contribution in [0.1, 0.15) is 23.1 Å². The van der Waals surface area contributed by atoms with Gasteiger partial charge in [0.15, 0.2) is 0 Å². The van der Waals surface area contributed by atoms with E-state index < -0.39 is 0 Å². The van der Waals surface area contributed by atoms with Crippen molar-refractivity contribution in [2.45, 2.75) is 31.5 Å². The summed E-state index contributed by atoms with van der Waals surface area (Å²) >= 11 is 6.18. The van der Waals surface area contributed by atoms with Gasteiger partial charge in [0.05, 0.1) is 22.7 Å². The van der Waals surface area contributed by atoms with E-state index in [2.05, 4.69) is 5.32 Å². The lowest BCUT2D eigenvalue weighted by atomic mass is 9.99. The Morgan fingerprint density at radius 2 is 1.84 bits per heavy atom. The smallest absolute Gasteiger partial charge is 0.225 e. The van der Waals surface area contributed by atoms with E-state index in [4.69, 9.17) is 16.9 Å². The van der Waals surface area contributed by atoms with Crippen molar-refractivity contribution >= 4 is 23.2 Å². The number of carbonyl (C=O) groups is 1. The summed E-state index contributed by atoms with van der Waals surface area (Å²) in [7, 11) is 0. The molecule has 0 bridgehead atoms. The second-order valence-corrected chi connectivity index (χ2v) is 8.04. The molecule has 1 amide bonds. The number of hydrogen-bond donors (Lipinski definition) is 1. The van der Waals surface area contributed by atoms with Gasteiger partial charge in [-0.2, -0.15) is 5.26 Å². The summed E-state index contributed by atoms with van der Waals surface area (Å²) in [5, 5.41) is 12.8. The number of nitrogens with one attached hydrogen (secondary N) is 1. The fourth-order valence-corrected chi connectivity index (χ4v) is 4.25. The van der Waals surface area contributed by atoms with Crippen LogP contribution in [0.5, 0.6) is 0 Å². The summed E-state index contributed by atoms with van der Waals surface area (Å²) in [5.74, 6) is -0.260. The van der Waals surface area contributed by atoms with Crippen LogP contribution in [0.4, 0.5) is 10.1 Å². The third kappa shape index (κ3) is 4.70. The van der Waals surface area contributed by atoms with Crippen molar-refractivity contribution in [3.8, 4) is 6.07 Å². The van der Waals surface area contributed by atoms with Gasteiger partial charge in [-0.1, -0.05) is 60.1 Å². The molecule has 1 fully saturated rings. The van der Waals surface area contributed by atoms with E-state index in [0.717, 1.165) is 11.3 Å². The molecule has 1 aliphatic heterocycles. The molecular formula is C25H21ClFN3O. The molecule has 2 atom stereocenters. The van der Waals surface area contributed by atoms with E-state index in [1.807, 2.05) is 41.3 Å². The lowest BCUT2D eigenvalue weighted by Crippen LogP contribution is -2.41. The molecule has 1 N–H and O–H groups in total. The third-order valence-corrected chi connectivity index (χ3v) is 5.92. The van der Waals surface area contributed by atoms with Crippen LogP contribution in [-0.2, 0) is 17.8 Å². The molecule has 1 heterocycles. The first kappa shape index (κ1) is 20.9. The number of likely N-dealkylation sites (tertiary alicyclic amines) is 1. The van der Waals surface area contributed by atoms with E-state index in [1.54, 1.807) is 36.4 Å². The molecule has 3 aromatic rings. The average molecular weight is 434 g/mol. The maximum Gasteiger partial charge on any atom is 0.225 e. The van der Waals surface area contributed by atoms with E-state index in [1.165, 1.54) is 6.07 Å². The number of halogens is 2. The molecule has 1 saturated heterocycles. The Kier molecular flexibility index (Phi) is 6.20. The standard InChI is InChI=1S/C25H21ClFN3O/c26-21-13-20(11-10-19(21)15-28)29-23-14-25(31)30(16-17-6-2-1-3-7-17)24(23)12-18-8-4-5-9-22(18)27/h1-11,13,23-24,29H,12,14,16H2/t23-,24?/m0/s1. The summed E-state index contributed by atoms with van der Waals surface area (Å²) in [4.78, 5) is 14.8. The summed E-state index contributed by atoms with van der Waals surface area (Å²) < 4.78 is 14.4. The molecule has 1 aliphatic rings. The minimum absolute atomic E-state index is 0.0161. The van der Waals surface area contributed by atoms with Crippen LogP contribution in [0.15, 0.2) is 72.8 Å². The van der Waals surface area contributed by atoms with Gasteiger partial charge in [-0.25, -0.2) is 4.39 Å². The Morgan fingerprint density at radius 1 is 1.10 bits per heavy atom. The van der Waals surface area contributed by atoms with Gasteiger partial charge in [0.2, 0.25) is 5.91 Å². The number of rotatable bonds is 6. The highest BCUT2D eigenvalue weighted by atomic mass is 35.5. The highest BCUT2D eigenvalue weighted by Gasteiger charge is 2.40. The molecule has 1 unspecified atom stereocenters. The summed E-state index contributed by atoms with van der Waals surface area (Å²) in [6.45, 7) is 0.463. The van der Waals surface area contributed by atoms with Crippen LogP contribution in [0.25, 0.3) is 0 Å². The Labute approximate surface area is 185 Å². The van der Waals surface area contributed by atoms with E-state index >= 15 is 0 Å². The van der Waals surface area contributed by atoms with Crippen molar-refractivity contribution < 1.29 is 9.18 Å². The first-order valence-corrected chi connectivity index (χ1v) is 10.5. The number of anilines is 1. The van der Waals surface area contributed by atoms with Crippen LogP contribution < -0.4 is 5.32 Å². The molecule has 0 radical (unpaired) electrons. The molecule has 0 saturated carbocycles. The SMILES string of the molecule is N#Cc1ccc(N[C@H]2CC(=O)N(Cc3ccccc3)C2Cc2ccccc2F)cc1Cl. The number of carbonyl (C=O) groups excluding carboxylic acids is 1.